The summed E-state index contributed by atoms with van der Waals surface area (Å²) in [5.74, 6) is -0.747. The number of nitrogens with zero attached hydrogens (tertiary/aromatic N) is 2. The monoisotopic (exact) mass is 398 g/mol. The van der Waals surface area contributed by atoms with E-state index in [1.807, 2.05) is 16.8 Å². The fraction of sp³-hybridized carbons (Fsp3) is 0.136. The van der Waals surface area contributed by atoms with Crippen LogP contribution in [0.4, 0.5) is 8.78 Å². The number of aliphatic hydroxyl groups excluding tert-OH is 1. The van der Waals surface area contributed by atoms with Crippen LogP contribution in [0.1, 0.15) is 16.8 Å². The predicted molar refractivity (Wildman–Crippen MR) is 106 cm³/mol. The van der Waals surface area contributed by atoms with Gasteiger partial charge in [-0.1, -0.05) is 23.7 Å². The number of aliphatic hydroxyl groups is 1. The van der Waals surface area contributed by atoms with Crippen LogP contribution in [0.15, 0.2) is 54.7 Å². The number of fused-ring (bicyclic) bond motifs is 1. The van der Waals surface area contributed by atoms with E-state index in [4.69, 9.17) is 11.6 Å². The molecule has 2 heterocycles. The molecule has 0 saturated heterocycles. The Labute approximate surface area is 165 Å². The van der Waals surface area contributed by atoms with E-state index in [2.05, 4.69) is 4.98 Å². The molecule has 2 aromatic heterocycles. The maximum Gasteiger partial charge on any atom is 0.141 e. The molecule has 0 fully saturated rings. The van der Waals surface area contributed by atoms with E-state index < -0.39 is 5.82 Å². The molecule has 0 aliphatic heterocycles. The van der Waals surface area contributed by atoms with Crippen LogP contribution in [0.2, 0.25) is 5.02 Å². The summed E-state index contributed by atoms with van der Waals surface area (Å²) in [5.41, 5.74) is 3.76. The van der Waals surface area contributed by atoms with Crippen LogP contribution in [-0.4, -0.2) is 14.7 Å². The summed E-state index contributed by atoms with van der Waals surface area (Å²) in [6.07, 6.45) is 1.86. The molecule has 3 nitrogen and oxygen atoms in total. The lowest BCUT2D eigenvalue weighted by molar-refractivity contribution is 0.281. The minimum absolute atomic E-state index is 0.255. The van der Waals surface area contributed by atoms with Gasteiger partial charge in [0.2, 0.25) is 0 Å². The molecule has 0 amide bonds. The van der Waals surface area contributed by atoms with Gasteiger partial charge in [0.05, 0.1) is 6.61 Å². The van der Waals surface area contributed by atoms with Crippen LogP contribution in [0, 0.1) is 18.6 Å². The average molecular weight is 399 g/mol. The molecule has 0 unspecified atom stereocenters. The molecule has 0 atom stereocenters. The van der Waals surface area contributed by atoms with Crippen molar-refractivity contribution in [1.29, 1.82) is 0 Å². The second-order valence-electron chi connectivity index (χ2n) is 6.64. The number of hydrogen-bond acceptors (Lipinski definition) is 2. The molecule has 0 spiro atoms. The van der Waals surface area contributed by atoms with Crippen LogP contribution in [-0.2, 0) is 13.2 Å². The Bertz CT molecular complexity index is 1170. The quantitative estimate of drug-likeness (QED) is 0.494. The molecule has 142 valence electrons. The lowest BCUT2D eigenvalue weighted by Gasteiger charge is -2.14. The highest BCUT2D eigenvalue weighted by atomic mass is 35.5. The number of hydrogen-bond donors (Lipinski definition) is 1. The van der Waals surface area contributed by atoms with Crippen LogP contribution >= 0.6 is 11.6 Å². The van der Waals surface area contributed by atoms with Gasteiger partial charge >= 0.3 is 0 Å². The first-order valence-electron chi connectivity index (χ1n) is 8.77. The Hall–Kier alpha value is -2.76. The molecule has 1 N–H and O–H groups in total. The fourth-order valence-electron chi connectivity index (χ4n) is 3.46. The lowest BCUT2D eigenvalue weighted by atomic mass is 9.96. The standard InChI is InChI=1S/C22H17ClF2N2O/c1-13-19(12-28)21(17-7-4-15(23)10-20(17)25)18-8-9-27(22(18)26-13)11-14-2-5-16(24)6-3-14/h2-10,28H,11-12H2,1H3. The van der Waals surface area contributed by atoms with Crippen LogP contribution in [0.5, 0.6) is 0 Å². The van der Waals surface area contributed by atoms with E-state index in [1.54, 1.807) is 31.2 Å². The largest absolute Gasteiger partial charge is 0.392 e. The summed E-state index contributed by atoms with van der Waals surface area (Å²) < 4.78 is 29.8. The first-order valence-corrected chi connectivity index (χ1v) is 9.14. The van der Waals surface area contributed by atoms with Gasteiger partial charge in [0, 0.05) is 45.5 Å². The maximum absolute atomic E-state index is 14.7. The molecule has 0 bridgehead atoms. The number of aryl methyl sites for hydroxylation is 1. The number of pyridine rings is 1. The van der Waals surface area contributed by atoms with Gasteiger partial charge in [-0.15, -0.1) is 0 Å². The fourth-order valence-corrected chi connectivity index (χ4v) is 3.62. The molecule has 6 heteroatoms. The number of rotatable bonds is 4. The Morgan fingerprint density at radius 3 is 2.50 bits per heavy atom. The molecular weight excluding hydrogens is 382 g/mol. The molecular formula is C22H17ClF2N2O. The second-order valence-corrected chi connectivity index (χ2v) is 7.08. The molecule has 0 aliphatic carbocycles. The number of halogens is 3. The highest BCUT2D eigenvalue weighted by Gasteiger charge is 2.19. The van der Waals surface area contributed by atoms with Gasteiger partial charge in [0.15, 0.2) is 0 Å². The highest BCUT2D eigenvalue weighted by Crippen LogP contribution is 2.36. The second kappa shape index (κ2) is 7.34. The zero-order valence-electron chi connectivity index (χ0n) is 15.1. The molecule has 2 aromatic carbocycles. The molecule has 0 aliphatic rings. The summed E-state index contributed by atoms with van der Waals surface area (Å²) in [5, 5.41) is 10.9. The Morgan fingerprint density at radius 1 is 1.07 bits per heavy atom. The van der Waals surface area contributed by atoms with Gasteiger partial charge in [0.1, 0.15) is 17.3 Å². The summed E-state index contributed by atoms with van der Waals surface area (Å²) in [6.45, 7) is 2.03. The summed E-state index contributed by atoms with van der Waals surface area (Å²) >= 11 is 5.90. The van der Waals surface area contributed by atoms with Crippen molar-refractivity contribution >= 4 is 22.6 Å². The van der Waals surface area contributed by atoms with Crippen molar-refractivity contribution in [3.8, 4) is 11.1 Å². The third kappa shape index (κ3) is 3.28. The Kier molecular flexibility index (Phi) is 4.87. The van der Waals surface area contributed by atoms with Crippen molar-refractivity contribution in [3.05, 3.63) is 88.2 Å². The van der Waals surface area contributed by atoms with E-state index in [-0.39, 0.29) is 12.4 Å². The number of benzene rings is 2. The smallest absolute Gasteiger partial charge is 0.141 e. The van der Waals surface area contributed by atoms with Gasteiger partial charge in [-0.05, 0) is 48.9 Å². The maximum atomic E-state index is 14.7. The lowest BCUT2D eigenvalue weighted by Crippen LogP contribution is -2.04. The van der Waals surface area contributed by atoms with Gasteiger partial charge in [-0.25, -0.2) is 13.8 Å². The van der Waals surface area contributed by atoms with Crippen LogP contribution in [0.3, 0.4) is 0 Å². The first kappa shape index (κ1) is 18.6. The zero-order valence-corrected chi connectivity index (χ0v) is 15.8. The first-order chi connectivity index (χ1) is 13.5. The normalized spacial score (nSPS) is 11.3. The molecule has 0 radical (unpaired) electrons. The summed E-state index contributed by atoms with van der Waals surface area (Å²) in [6, 6.07) is 12.6. The number of aromatic nitrogens is 2. The zero-order chi connectivity index (χ0) is 19.8. The van der Waals surface area contributed by atoms with E-state index >= 15 is 0 Å². The van der Waals surface area contributed by atoms with E-state index in [0.717, 1.165) is 10.9 Å². The van der Waals surface area contributed by atoms with Crippen molar-refractivity contribution in [2.45, 2.75) is 20.1 Å². The topological polar surface area (TPSA) is 38.0 Å². The van der Waals surface area contributed by atoms with Crippen molar-refractivity contribution in [2.24, 2.45) is 0 Å². The van der Waals surface area contributed by atoms with E-state index in [0.29, 0.717) is 39.6 Å². The molecule has 0 saturated carbocycles. The molecule has 4 aromatic rings. The minimum atomic E-state index is -0.458. The third-order valence-electron chi connectivity index (χ3n) is 4.84. The summed E-state index contributed by atoms with van der Waals surface area (Å²) in [7, 11) is 0. The van der Waals surface area contributed by atoms with Gasteiger partial charge in [-0.2, -0.15) is 0 Å². The van der Waals surface area contributed by atoms with Gasteiger partial charge in [-0.3, -0.25) is 0 Å². The summed E-state index contributed by atoms with van der Waals surface area (Å²) in [4.78, 5) is 4.63. The molecule has 28 heavy (non-hydrogen) atoms. The van der Waals surface area contributed by atoms with Crippen molar-refractivity contribution in [2.75, 3.05) is 0 Å². The van der Waals surface area contributed by atoms with Crippen LogP contribution < -0.4 is 0 Å². The predicted octanol–water partition coefficient (Wildman–Crippen LogP) is 5.48. The average Bonchev–Trinajstić information content (AvgIpc) is 3.05. The SMILES string of the molecule is Cc1nc2c(ccn2Cc2ccc(F)cc2)c(-c2ccc(Cl)cc2F)c1CO. The van der Waals surface area contributed by atoms with Crippen molar-refractivity contribution in [1.82, 2.24) is 9.55 Å². The Balaban J connectivity index is 1.91. The van der Waals surface area contributed by atoms with Crippen molar-refractivity contribution < 1.29 is 13.9 Å². The van der Waals surface area contributed by atoms with Crippen molar-refractivity contribution in [3.63, 3.8) is 0 Å². The molecule has 4 rings (SSSR count). The minimum Gasteiger partial charge on any atom is -0.392 e. The Morgan fingerprint density at radius 2 is 1.82 bits per heavy atom. The van der Waals surface area contributed by atoms with E-state index in [1.165, 1.54) is 18.2 Å². The van der Waals surface area contributed by atoms with Crippen LogP contribution in [0.25, 0.3) is 22.2 Å². The highest BCUT2D eigenvalue weighted by molar-refractivity contribution is 6.30. The third-order valence-corrected chi connectivity index (χ3v) is 5.08. The van der Waals surface area contributed by atoms with Gasteiger partial charge < -0.3 is 9.67 Å². The van der Waals surface area contributed by atoms with E-state index in [9.17, 15) is 13.9 Å². The van der Waals surface area contributed by atoms with Gasteiger partial charge in [0.25, 0.3) is 0 Å².